The largest absolute Gasteiger partial charge is 0.480 e. The number of aromatic nitrogens is 3. The molecule has 6 heteroatoms. The van der Waals surface area contributed by atoms with Gasteiger partial charge in [0.1, 0.15) is 11.6 Å². The smallest absolute Gasteiger partial charge is 0.326 e. The Hall–Kier alpha value is -2.11. The highest BCUT2D eigenvalue weighted by Gasteiger charge is 2.23. The van der Waals surface area contributed by atoms with E-state index in [9.17, 15) is 9.90 Å². The van der Waals surface area contributed by atoms with Crippen LogP contribution in [0.5, 0.6) is 0 Å². The lowest BCUT2D eigenvalue weighted by atomic mass is 10.2. The van der Waals surface area contributed by atoms with Crippen molar-refractivity contribution in [1.82, 2.24) is 14.6 Å². The van der Waals surface area contributed by atoms with E-state index in [0.717, 1.165) is 11.2 Å². The number of aliphatic carboxylic acids is 1. The summed E-state index contributed by atoms with van der Waals surface area (Å²) in [4.78, 5) is 17.1. The first-order valence-corrected chi connectivity index (χ1v) is 5.81. The number of fused-ring (bicyclic) bond motifs is 1. The third-order valence-electron chi connectivity index (χ3n) is 2.97. The van der Waals surface area contributed by atoms with Gasteiger partial charge in [-0.25, -0.2) is 14.3 Å². The predicted octanol–water partition coefficient (Wildman–Crippen LogP) is 1.34. The lowest BCUT2D eigenvalue weighted by molar-refractivity contribution is -0.138. The number of carbonyl (C=O) groups is 1. The van der Waals surface area contributed by atoms with Crippen LogP contribution in [-0.2, 0) is 4.79 Å². The third-order valence-corrected chi connectivity index (χ3v) is 2.97. The SMILES string of the molecule is CCC(C(=O)O)N(C)c1nccn2nc(C)cc12. The molecule has 0 bridgehead atoms. The van der Waals surface area contributed by atoms with Crippen molar-refractivity contribution in [3.8, 4) is 0 Å². The molecule has 2 rings (SSSR count). The minimum atomic E-state index is -0.847. The second-order valence-corrected chi connectivity index (χ2v) is 4.24. The number of hydrogen-bond acceptors (Lipinski definition) is 4. The molecule has 1 unspecified atom stereocenters. The number of anilines is 1. The summed E-state index contributed by atoms with van der Waals surface area (Å²) < 4.78 is 1.71. The molecule has 2 aromatic rings. The van der Waals surface area contributed by atoms with Crippen LogP contribution in [0, 0.1) is 6.92 Å². The molecule has 0 radical (unpaired) electrons. The summed E-state index contributed by atoms with van der Waals surface area (Å²) >= 11 is 0. The van der Waals surface area contributed by atoms with E-state index in [4.69, 9.17) is 0 Å². The van der Waals surface area contributed by atoms with Gasteiger partial charge in [0.05, 0.1) is 5.69 Å². The minimum absolute atomic E-state index is 0.516. The van der Waals surface area contributed by atoms with Crippen LogP contribution in [0.1, 0.15) is 19.0 Å². The summed E-state index contributed by atoms with van der Waals surface area (Å²) in [6.07, 6.45) is 3.89. The van der Waals surface area contributed by atoms with Gasteiger partial charge in [0.25, 0.3) is 0 Å². The average Bonchev–Trinajstić information content (AvgIpc) is 2.68. The van der Waals surface area contributed by atoms with E-state index in [-0.39, 0.29) is 0 Å². The highest BCUT2D eigenvalue weighted by Crippen LogP contribution is 2.21. The normalized spacial score (nSPS) is 12.6. The number of likely N-dealkylation sites (N-methyl/N-ethyl adjacent to an activating group) is 1. The molecule has 0 fully saturated rings. The summed E-state index contributed by atoms with van der Waals surface area (Å²) in [7, 11) is 1.74. The quantitative estimate of drug-likeness (QED) is 0.884. The van der Waals surface area contributed by atoms with Crippen molar-refractivity contribution < 1.29 is 9.90 Å². The summed E-state index contributed by atoms with van der Waals surface area (Å²) in [6, 6.07) is 1.31. The molecule has 0 aliphatic heterocycles. The molecule has 96 valence electrons. The molecular weight excluding hydrogens is 232 g/mol. The van der Waals surface area contributed by atoms with E-state index >= 15 is 0 Å². The van der Waals surface area contributed by atoms with Gasteiger partial charge in [0, 0.05) is 19.4 Å². The number of aryl methyl sites for hydroxylation is 1. The maximum atomic E-state index is 11.2. The molecule has 0 saturated heterocycles. The van der Waals surface area contributed by atoms with Crippen molar-refractivity contribution in [3.05, 3.63) is 24.2 Å². The van der Waals surface area contributed by atoms with Crippen LogP contribution >= 0.6 is 0 Å². The van der Waals surface area contributed by atoms with Gasteiger partial charge in [-0.2, -0.15) is 5.10 Å². The van der Waals surface area contributed by atoms with Crippen LogP contribution < -0.4 is 4.90 Å². The Balaban J connectivity index is 2.49. The van der Waals surface area contributed by atoms with Gasteiger partial charge in [0.15, 0.2) is 5.82 Å². The van der Waals surface area contributed by atoms with E-state index in [2.05, 4.69) is 10.1 Å². The summed E-state index contributed by atoms with van der Waals surface area (Å²) in [5.41, 5.74) is 1.69. The van der Waals surface area contributed by atoms with Gasteiger partial charge in [-0.3, -0.25) is 0 Å². The second kappa shape index (κ2) is 4.64. The van der Waals surface area contributed by atoms with Gasteiger partial charge in [0.2, 0.25) is 0 Å². The Bertz CT molecular complexity index is 578. The molecule has 0 aliphatic rings. The fourth-order valence-corrected chi connectivity index (χ4v) is 2.06. The molecule has 1 atom stereocenters. The Morgan fingerprint density at radius 1 is 1.61 bits per heavy atom. The topological polar surface area (TPSA) is 70.7 Å². The first-order chi connectivity index (χ1) is 8.54. The molecule has 1 N–H and O–H groups in total. The highest BCUT2D eigenvalue weighted by atomic mass is 16.4. The Kier molecular flexibility index (Phi) is 3.18. The maximum Gasteiger partial charge on any atom is 0.326 e. The monoisotopic (exact) mass is 248 g/mol. The number of hydrogen-bond donors (Lipinski definition) is 1. The number of rotatable bonds is 4. The fraction of sp³-hybridized carbons (Fsp3) is 0.417. The number of carboxylic acids is 1. The standard InChI is InChI=1S/C12H16N4O2/c1-4-9(12(17)18)15(3)11-10-7-8(2)14-16(10)6-5-13-11/h5-7,9H,4H2,1-3H3,(H,17,18). The van der Waals surface area contributed by atoms with Gasteiger partial charge in [-0.05, 0) is 19.4 Å². The van der Waals surface area contributed by atoms with Gasteiger partial charge in [-0.15, -0.1) is 0 Å². The second-order valence-electron chi connectivity index (χ2n) is 4.24. The lowest BCUT2D eigenvalue weighted by Gasteiger charge is -2.25. The van der Waals surface area contributed by atoms with Crippen molar-refractivity contribution in [1.29, 1.82) is 0 Å². The summed E-state index contributed by atoms with van der Waals surface area (Å²) in [5, 5.41) is 13.5. The zero-order chi connectivity index (χ0) is 13.3. The average molecular weight is 248 g/mol. The molecule has 2 aromatic heterocycles. The van der Waals surface area contributed by atoms with Gasteiger partial charge in [-0.1, -0.05) is 6.92 Å². The van der Waals surface area contributed by atoms with Crippen LogP contribution in [0.3, 0.4) is 0 Å². The predicted molar refractivity (Wildman–Crippen MR) is 67.8 cm³/mol. The fourth-order valence-electron chi connectivity index (χ4n) is 2.06. The zero-order valence-corrected chi connectivity index (χ0v) is 10.7. The molecular formula is C12H16N4O2. The molecule has 0 saturated carbocycles. The third kappa shape index (κ3) is 2.01. The van der Waals surface area contributed by atoms with Gasteiger partial charge >= 0.3 is 5.97 Å². The molecule has 0 aromatic carbocycles. The van der Waals surface area contributed by atoms with E-state index in [1.807, 2.05) is 19.9 Å². The number of nitrogens with zero attached hydrogens (tertiary/aromatic N) is 4. The van der Waals surface area contributed by atoms with Crippen LogP contribution in [0.25, 0.3) is 5.52 Å². The molecule has 0 spiro atoms. The number of carboxylic acid groups (broad SMARTS) is 1. The van der Waals surface area contributed by atoms with Crippen LogP contribution in [-0.4, -0.2) is 38.8 Å². The van der Waals surface area contributed by atoms with E-state index in [1.54, 1.807) is 28.9 Å². The lowest BCUT2D eigenvalue weighted by Crippen LogP contribution is -2.38. The van der Waals surface area contributed by atoms with Crippen LogP contribution in [0.4, 0.5) is 5.82 Å². The molecule has 0 aliphatic carbocycles. The molecule has 6 nitrogen and oxygen atoms in total. The van der Waals surface area contributed by atoms with Crippen molar-refractivity contribution >= 4 is 17.3 Å². The minimum Gasteiger partial charge on any atom is -0.480 e. The summed E-state index contributed by atoms with van der Waals surface area (Å²) in [6.45, 7) is 3.74. The first-order valence-electron chi connectivity index (χ1n) is 5.81. The van der Waals surface area contributed by atoms with Crippen LogP contribution in [0.15, 0.2) is 18.5 Å². The summed E-state index contributed by atoms with van der Waals surface area (Å²) in [5.74, 6) is -0.215. The van der Waals surface area contributed by atoms with Crippen LogP contribution in [0.2, 0.25) is 0 Å². The Morgan fingerprint density at radius 3 is 2.94 bits per heavy atom. The molecule has 0 amide bonds. The molecule has 18 heavy (non-hydrogen) atoms. The van der Waals surface area contributed by atoms with Crippen molar-refractivity contribution in [3.63, 3.8) is 0 Å². The highest BCUT2D eigenvalue weighted by molar-refractivity contribution is 5.80. The molecule has 2 heterocycles. The Morgan fingerprint density at radius 2 is 2.33 bits per heavy atom. The van der Waals surface area contributed by atoms with Crippen molar-refractivity contribution in [2.75, 3.05) is 11.9 Å². The van der Waals surface area contributed by atoms with Gasteiger partial charge < -0.3 is 10.0 Å². The van der Waals surface area contributed by atoms with Crippen molar-refractivity contribution in [2.24, 2.45) is 0 Å². The zero-order valence-electron chi connectivity index (χ0n) is 10.7. The Labute approximate surface area is 105 Å². The van der Waals surface area contributed by atoms with Crippen molar-refractivity contribution in [2.45, 2.75) is 26.3 Å². The first kappa shape index (κ1) is 12.3. The van der Waals surface area contributed by atoms with E-state index in [0.29, 0.717) is 12.2 Å². The van der Waals surface area contributed by atoms with E-state index < -0.39 is 12.0 Å². The maximum absolute atomic E-state index is 11.2. The van der Waals surface area contributed by atoms with E-state index in [1.165, 1.54) is 0 Å².